The average molecular weight is 329 g/mol. The van der Waals surface area contributed by atoms with Crippen LogP contribution < -0.4 is 5.32 Å². The zero-order valence-corrected chi connectivity index (χ0v) is 12.7. The van der Waals surface area contributed by atoms with Gasteiger partial charge in [-0.15, -0.1) is 0 Å². The van der Waals surface area contributed by atoms with Gasteiger partial charge in [-0.3, -0.25) is 4.79 Å². The zero-order chi connectivity index (χ0) is 17.0. The third-order valence-electron chi connectivity index (χ3n) is 3.80. The van der Waals surface area contributed by atoms with Crippen LogP contribution in [0.25, 0.3) is 0 Å². The van der Waals surface area contributed by atoms with Crippen LogP contribution in [0.2, 0.25) is 0 Å². The molecule has 0 saturated heterocycles. The molecule has 7 heteroatoms. The highest BCUT2D eigenvalue weighted by Gasteiger charge is 2.30. The summed E-state index contributed by atoms with van der Waals surface area (Å²) in [4.78, 5) is 23.8. The summed E-state index contributed by atoms with van der Waals surface area (Å²) in [6.45, 7) is 1.44. The number of alkyl halides is 3. The van der Waals surface area contributed by atoms with Gasteiger partial charge in [0.1, 0.15) is 0 Å². The van der Waals surface area contributed by atoms with E-state index in [9.17, 15) is 22.8 Å². The summed E-state index contributed by atoms with van der Waals surface area (Å²) in [5.41, 5.74) is -0.875. The third-order valence-corrected chi connectivity index (χ3v) is 3.80. The molecule has 0 heterocycles. The molecule has 0 unspecified atom stereocenters. The molecule has 4 nitrogen and oxygen atoms in total. The molecule has 0 spiro atoms. The number of rotatable bonds is 4. The standard InChI is InChI=1S/C16H18F3NO3/c1-10(14(21)20-13-4-2-3-5-13)23-15(22)11-6-8-12(9-7-11)16(17,18)19/h6-10,13H,2-5H2,1H3,(H,20,21)/t10-/m1/s1. The van der Waals surface area contributed by atoms with Crippen LogP contribution in [0.15, 0.2) is 24.3 Å². The quantitative estimate of drug-likeness (QED) is 0.862. The zero-order valence-electron chi connectivity index (χ0n) is 12.7. The van der Waals surface area contributed by atoms with Gasteiger partial charge in [0.2, 0.25) is 0 Å². The number of carbonyl (C=O) groups is 2. The van der Waals surface area contributed by atoms with E-state index in [0.29, 0.717) is 0 Å². The van der Waals surface area contributed by atoms with E-state index in [-0.39, 0.29) is 11.6 Å². The largest absolute Gasteiger partial charge is 0.449 e. The minimum Gasteiger partial charge on any atom is -0.449 e. The number of nitrogens with one attached hydrogen (secondary N) is 1. The number of hydrogen-bond donors (Lipinski definition) is 1. The van der Waals surface area contributed by atoms with Gasteiger partial charge in [-0.05, 0) is 44.0 Å². The molecule has 2 rings (SSSR count). The van der Waals surface area contributed by atoms with Crippen molar-refractivity contribution in [2.75, 3.05) is 0 Å². The molecule has 0 bridgehead atoms. The number of amides is 1. The predicted octanol–water partition coefficient (Wildman–Crippen LogP) is 3.31. The maximum Gasteiger partial charge on any atom is 0.416 e. The second-order valence-corrected chi connectivity index (χ2v) is 5.61. The fourth-order valence-corrected chi connectivity index (χ4v) is 2.47. The Morgan fingerprint density at radius 3 is 2.26 bits per heavy atom. The van der Waals surface area contributed by atoms with Crippen LogP contribution in [-0.2, 0) is 15.7 Å². The van der Waals surface area contributed by atoms with E-state index in [1.807, 2.05) is 0 Å². The fourth-order valence-electron chi connectivity index (χ4n) is 2.47. The molecule has 0 radical (unpaired) electrons. The topological polar surface area (TPSA) is 55.4 Å². The molecule has 1 atom stereocenters. The molecule has 23 heavy (non-hydrogen) atoms. The third kappa shape index (κ3) is 4.71. The monoisotopic (exact) mass is 329 g/mol. The van der Waals surface area contributed by atoms with Crippen molar-refractivity contribution in [3.63, 3.8) is 0 Å². The summed E-state index contributed by atoms with van der Waals surface area (Å²) in [7, 11) is 0. The van der Waals surface area contributed by atoms with Crippen LogP contribution >= 0.6 is 0 Å². The van der Waals surface area contributed by atoms with Crippen molar-refractivity contribution in [2.45, 2.75) is 50.9 Å². The summed E-state index contributed by atoms with van der Waals surface area (Å²) >= 11 is 0. The maximum atomic E-state index is 12.5. The van der Waals surface area contributed by atoms with Crippen LogP contribution in [0, 0.1) is 0 Å². The maximum absolute atomic E-state index is 12.5. The van der Waals surface area contributed by atoms with Crippen molar-refractivity contribution in [1.82, 2.24) is 5.32 Å². The lowest BCUT2D eigenvalue weighted by Gasteiger charge is -2.17. The highest BCUT2D eigenvalue weighted by Crippen LogP contribution is 2.29. The summed E-state index contributed by atoms with van der Waals surface area (Å²) in [5, 5.41) is 2.80. The molecule has 1 aromatic carbocycles. The van der Waals surface area contributed by atoms with E-state index in [2.05, 4.69) is 5.32 Å². The lowest BCUT2D eigenvalue weighted by molar-refractivity contribution is -0.137. The highest BCUT2D eigenvalue weighted by atomic mass is 19.4. The Bertz CT molecular complexity index is 563. The first-order valence-electron chi connectivity index (χ1n) is 7.46. The minimum atomic E-state index is -4.46. The van der Waals surface area contributed by atoms with Gasteiger partial charge in [-0.25, -0.2) is 4.79 Å². The molecule has 1 amide bonds. The molecule has 1 N–H and O–H groups in total. The van der Waals surface area contributed by atoms with Gasteiger partial charge in [-0.2, -0.15) is 13.2 Å². The Labute approximate surface area is 132 Å². The molecule has 1 fully saturated rings. The molecule has 1 aromatic rings. The Hall–Kier alpha value is -2.05. The number of ether oxygens (including phenoxy) is 1. The summed E-state index contributed by atoms with van der Waals surface area (Å²) < 4.78 is 42.4. The second kappa shape index (κ2) is 7.02. The van der Waals surface area contributed by atoms with Gasteiger partial charge in [-0.1, -0.05) is 12.8 Å². The van der Waals surface area contributed by atoms with Crippen LogP contribution in [0.3, 0.4) is 0 Å². The molecular formula is C16H18F3NO3. The van der Waals surface area contributed by atoms with E-state index >= 15 is 0 Å². The van der Waals surface area contributed by atoms with Crippen molar-refractivity contribution in [3.8, 4) is 0 Å². The minimum absolute atomic E-state index is 0.0292. The van der Waals surface area contributed by atoms with Crippen molar-refractivity contribution >= 4 is 11.9 Å². The van der Waals surface area contributed by atoms with Crippen molar-refractivity contribution in [1.29, 1.82) is 0 Å². The summed E-state index contributed by atoms with van der Waals surface area (Å²) in [5.74, 6) is -1.22. The SMILES string of the molecule is C[C@@H](OC(=O)c1ccc(C(F)(F)F)cc1)C(=O)NC1CCCC1. The Balaban J connectivity index is 1.91. The van der Waals surface area contributed by atoms with E-state index in [1.54, 1.807) is 0 Å². The van der Waals surface area contributed by atoms with Crippen LogP contribution in [0.5, 0.6) is 0 Å². The van der Waals surface area contributed by atoms with Gasteiger partial charge in [0, 0.05) is 6.04 Å². The van der Waals surface area contributed by atoms with E-state index in [0.717, 1.165) is 49.9 Å². The number of benzene rings is 1. The van der Waals surface area contributed by atoms with Gasteiger partial charge in [0.05, 0.1) is 11.1 Å². The first-order valence-corrected chi connectivity index (χ1v) is 7.46. The molecule has 0 aliphatic heterocycles. The van der Waals surface area contributed by atoms with Gasteiger partial charge < -0.3 is 10.1 Å². The second-order valence-electron chi connectivity index (χ2n) is 5.61. The van der Waals surface area contributed by atoms with E-state index in [4.69, 9.17) is 4.74 Å². The molecule has 126 valence electrons. The van der Waals surface area contributed by atoms with Crippen LogP contribution in [0.4, 0.5) is 13.2 Å². The van der Waals surface area contributed by atoms with E-state index in [1.165, 1.54) is 6.92 Å². The molecule has 1 saturated carbocycles. The first-order chi connectivity index (χ1) is 10.8. The Kier molecular flexibility index (Phi) is 5.28. The average Bonchev–Trinajstić information content (AvgIpc) is 2.99. The van der Waals surface area contributed by atoms with Crippen molar-refractivity contribution in [3.05, 3.63) is 35.4 Å². The molecule has 1 aliphatic carbocycles. The van der Waals surface area contributed by atoms with Gasteiger partial charge >= 0.3 is 12.1 Å². The van der Waals surface area contributed by atoms with Crippen LogP contribution in [0.1, 0.15) is 48.5 Å². The molecule has 1 aliphatic rings. The highest BCUT2D eigenvalue weighted by molar-refractivity contribution is 5.92. The van der Waals surface area contributed by atoms with Gasteiger partial charge in [0.25, 0.3) is 5.91 Å². The smallest absolute Gasteiger partial charge is 0.416 e. The predicted molar refractivity (Wildman–Crippen MR) is 76.7 cm³/mol. The first kappa shape index (κ1) is 17.3. The number of esters is 1. The van der Waals surface area contributed by atoms with Gasteiger partial charge in [0.15, 0.2) is 6.10 Å². The summed E-state index contributed by atoms with van der Waals surface area (Å²) in [6.07, 6.45) is -1.52. The normalized spacial score (nSPS) is 16.9. The number of halogens is 3. The van der Waals surface area contributed by atoms with Crippen molar-refractivity contribution in [2.24, 2.45) is 0 Å². The van der Waals surface area contributed by atoms with Crippen molar-refractivity contribution < 1.29 is 27.5 Å². The van der Waals surface area contributed by atoms with Crippen LogP contribution in [-0.4, -0.2) is 24.0 Å². The van der Waals surface area contributed by atoms with E-state index < -0.39 is 29.7 Å². The number of hydrogen-bond acceptors (Lipinski definition) is 3. The Morgan fingerprint density at radius 2 is 1.74 bits per heavy atom. The number of carbonyl (C=O) groups excluding carboxylic acids is 2. The lowest BCUT2D eigenvalue weighted by atomic mass is 10.1. The molecular weight excluding hydrogens is 311 g/mol. The molecule has 0 aromatic heterocycles. The summed E-state index contributed by atoms with van der Waals surface area (Å²) in [6, 6.07) is 3.79. The lowest BCUT2D eigenvalue weighted by Crippen LogP contribution is -2.40. The Morgan fingerprint density at radius 1 is 1.17 bits per heavy atom. The fraction of sp³-hybridized carbons (Fsp3) is 0.500.